The molecule has 2 fully saturated rings. The summed E-state index contributed by atoms with van der Waals surface area (Å²) >= 11 is 0. The summed E-state index contributed by atoms with van der Waals surface area (Å²) in [5.74, 6) is 0.222. The Morgan fingerprint density at radius 2 is 2.17 bits per heavy atom. The highest BCUT2D eigenvalue weighted by Gasteiger charge is 2.41. The zero-order chi connectivity index (χ0) is 17.0. The van der Waals surface area contributed by atoms with E-state index in [0.29, 0.717) is 26.1 Å². The quantitative estimate of drug-likeness (QED) is 0.818. The van der Waals surface area contributed by atoms with Crippen molar-refractivity contribution in [2.75, 3.05) is 38.3 Å². The van der Waals surface area contributed by atoms with E-state index in [1.807, 2.05) is 29.2 Å². The molecule has 1 atom stereocenters. The van der Waals surface area contributed by atoms with E-state index in [0.717, 1.165) is 37.2 Å². The largest absolute Gasteiger partial charge is 0.384 e. The van der Waals surface area contributed by atoms with Crippen LogP contribution in [0.5, 0.6) is 0 Å². The van der Waals surface area contributed by atoms with Gasteiger partial charge in [-0.15, -0.1) is 0 Å². The van der Waals surface area contributed by atoms with Gasteiger partial charge >= 0.3 is 0 Å². The van der Waals surface area contributed by atoms with Crippen molar-refractivity contribution in [3.63, 3.8) is 0 Å². The fraction of sp³-hybridized carbons (Fsp3) is 0.556. The molecule has 1 aromatic rings. The van der Waals surface area contributed by atoms with Crippen molar-refractivity contribution in [2.45, 2.75) is 25.8 Å². The van der Waals surface area contributed by atoms with Crippen LogP contribution in [0.25, 0.3) is 0 Å². The topological polar surface area (TPSA) is 70.7 Å². The van der Waals surface area contributed by atoms with Crippen molar-refractivity contribution in [3.8, 4) is 0 Å². The molecule has 2 aliphatic rings. The molecular formula is C18H25N3O3. The van der Waals surface area contributed by atoms with E-state index in [-0.39, 0.29) is 11.8 Å². The van der Waals surface area contributed by atoms with Crippen molar-refractivity contribution in [2.24, 2.45) is 5.41 Å². The highest BCUT2D eigenvalue weighted by atomic mass is 16.5. The Balaban J connectivity index is 1.58. The third-order valence-electron chi connectivity index (χ3n) is 4.92. The summed E-state index contributed by atoms with van der Waals surface area (Å²) in [4.78, 5) is 26.2. The molecular weight excluding hydrogens is 306 g/mol. The standard InChI is InChI=1S/C18H25N3O3/c1-24-13-18(8-9-19-12-18)17(23)20-11-14-4-6-15(7-5-14)21-10-2-3-16(21)22/h4-7,19H,2-3,8-13H2,1H3,(H,20,23). The predicted molar refractivity (Wildman–Crippen MR) is 91.7 cm³/mol. The summed E-state index contributed by atoms with van der Waals surface area (Å²) in [5, 5.41) is 6.27. The van der Waals surface area contributed by atoms with Crippen LogP contribution < -0.4 is 15.5 Å². The lowest BCUT2D eigenvalue weighted by Gasteiger charge is -2.26. The molecule has 6 nitrogen and oxygen atoms in total. The van der Waals surface area contributed by atoms with Crippen LogP contribution in [0, 0.1) is 5.41 Å². The maximum atomic E-state index is 12.6. The maximum absolute atomic E-state index is 12.6. The molecule has 1 aromatic carbocycles. The number of benzene rings is 1. The predicted octanol–water partition coefficient (Wildman–Crippen LogP) is 1.06. The molecule has 2 heterocycles. The highest BCUT2D eigenvalue weighted by Crippen LogP contribution is 2.26. The number of ether oxygens (including phenoxy) is 1. The summed E-state index contributed by atoms with van der Waals surface area (Å²) in [6, 6.07) is 7.84. The first kappa shape index (κ1) is 16.9. The van der Waals surface area contributed by atoms with Gasteiger partial charge in [0.2, 0.25) is 11.8 Å². The third-order valence-corrected chi connectivity index (χ3v) is 4.92. The van der Waals surface area contributed by atoms with Crippen LogP contribution in [0.4, 0.5) is 5.69 Å². The molecule has 130 valence electrons. The lowest BCUT2D eigenvalue weighted by Crippen LogP contribution is -2.45. The van der Waals surface area contributed by atoms with Crippen molar-refractivity contribution in [1.29, 1.82) is 0 Å². The Bertz CT molecular complexity index is 594. The number of anilines is 1. The van der Waals surface area contributed by atoms with Gasteiger partial charge in [0.15, 0.2) is 0 Å². The summed E-state index contributed by atoms with van der Waals surface area (Å²) in [6.45, 7) is 3.21. The van der Waals surface area contributed by atoms with Crippen molar-refractivity contribution < 1.29 is 14.3 Å². The molecule has 6 heteroatoms. The van der Waals surface area contributed by atoms with Crippen molar-refractivity contribution in [3.05, 3.63) is 29.8 Å². The summed E-state index contributed by atoms with van der Waals surface area (Å²) in [7, 11) is 1.63. The first-order valence-corrected chi connectivity index (χ1v) is 8.52. The van der Waals surface area contributed by atoms with E-state index in [4.69, 9.17) is 4.74 Å². The van der Waals surface area contributed by atoms with E-state index in [1.54, 1.807) is 7.11 Å². The van der Waals surface area contributed by atoms with Crippen molar-refractivity contribution in [1.82, 2.24) is 10.6 Å². The molecule has 0 spiro atoms. The minimum Gasteiger partial charge on any atom is -0.384 e. The van der Waals surface area contributed by atoms with Gasteiger partial charge in [-0.1, -0.05) is 12.1 Å². The van der Waals surface area contributed by atoms with Gasteiger partial charge in [-0.2, -0.15) is 0 Å². The molecule has 0 aromatic heterocycles. The molecule has 1 unspecified atom stereocenters. The number of nitrogens with zero attached hydrogens (tertiary/aromatic N) is 1. The molecule has 2 N–H and O–H groups in total. The van der Waals surface area contributed by atoms with Gasteiger partial charge in [-0.25, -0.2) is 0 Å². The van der Waals surface area contributed by atoms with E-state index in [1.165, 1.54) is 0 Å². The van der Waals surface area contributed by atoms with Crippen molar-refractivity contribution >= 4 is 17.5 Å². The first-order valence-electron chi connectivity index (χ1n) is 8.52. The monoisotopic (exact) mass is 331 g/mol. The van der Waals surface area contributed by atoms with Crippen LogP contribution >= 0.6 is 0 Å². The van der Waals surface area contributed by atoms with Crippen LogP contribution in [0.1, 0.15) is 24.8 Å². The molecule has 0 radical (unpaired) electrons. The average Bonchev–Trinajstić information content (AvgIpc) is 3.23. The van der Waals surface area contributed by atoms with E-state index in [2.05, 4.69) is 10.6 Å². The fourth-order valence-electron chi connectivity index (χ4n) is 3.49. The minimum atomic E-state index is -0.462. The van der Waals surface area contributed by atoms with Crippen LogP contribution in [0.2, 0.25) is 0 Å². The normalized spacial score (nSPS) is 23.7. The first-order chi connectivity index (χ1) is 11.6. The Labute approximate surface area is 142 Å². The molecule has 2 saturated heterocycles. The summed E-state index contributed by atoms with van der Waals surface area (Å²) in [6.07, 6.45) is 2.35. The van der Waals surface area contributed by atoms with Gasteiger partial charge in [-0.05, 0) is 37.1 Å². The fourth-order valence-corrected chi connectivity index (χ4v) is 3.49. The molecule has 2 aliphatic heterocycles. The number of carbonyl (C=O) groups excluding carboxylic acids is 2. The van der Waals surface area contributed by atoms with Gasteiger partial charge in [-0.3, -0.25) is 9.59 Å². The zero-order valence-electron chi connectivity index (χ0n) is 14.1. The van der Waals surface area contributed by atoms with Gasteiger partial charge in [0, 0.05) is 38.9 Å². The Kier molecular flexibility index (Phi) is 5.16. The van der Waals surface area contributed by atoms with Crippen LogP contribution in [0.15, 0.2) is 24.3 Å². The van der Waals surface area contributed by atoms with Gasteiger partial charge < -0.3 is 20.3 Å². The smallest absolute Gasteiger partial charge is 0.230 e. The number of methoxy groups -OCH3 is 1. The number of nitrogens with one attached hydrogen (secondary N) is 2. The number of hydrogen-bond donors (Lipinski definition) is 2. The molecule has 0 saturated carbocycles. The average molecular weight is 331 g/mol. The lowest BCUT2D eigenvalue weighted by atomic mass is 9.87. The second kappa shape index (κ2) is 7.32. The van der Waals surface area contributed by atoms with Gasteiger partial charge in [0.05, 0.1) is 12.0 Å². The lowest BCUT2D eigenvalue weighted by molar-refractivity contribution is -0.133. The molecule has 24 heavy (non-hydrogen) atoms. The van der Waals surface area contributed by atoms with Crippen LogP contribution in [-0.4, -0.2) is 45.2 Å². The number of amides is 2. The second-order valence-corrected chi connectivity index (χ2v) is 6.64. The highest BCUT2D eigenvalue weighted by molar-refractivity contribution is 5.95. The summed E-state index contributed by atoms with van der Waals surface area (Å²) in [5.41, 5.74) is 1.50. The number of carbonyl (C=O) groups is 2. The van der Waals surface area contributed by atoms with E-state index >= 15 is 0 Å². The SMILES string of the molecule is COCC1(C(=O)NCc2ccc(N3CCCC3=O)cc2)CCNC1. The molecule has 0 bridgehead atoms. The number of hydrogen-bond acceptors (Lipinski definition) is 4. The van der Waals surface area contributed by atoms with Crippen LogP contribution in [0.3, 0.4) is 0 Å². The second-order valence-electron chi connectivity index (χ2n) is 6.64. The Morgan fingerprint density at radius 1 is 1.38 bits per heavy atom. The van der Waals surface area contributed by atoms with Gasteiger partial charge in [0.1, 0.15) is 0 Å². The van der Waals surface area contributed by atoms with E-state index < -0.39 is 5.41 Å². The minimum absolute atomic E-state index is 0.0353. The summed E-state index contributed by atoms with van der Waals surface area (Å²) < 4.78 is 5.25. The Hall–Kier alpha value is -1.92. The third kappa shape index (κ3) is 3.44. The molecule has 0 aliphatic carbocycles. The Morgan fingerprint density at radius 3 is 2.75 bits per heavy atom. The van der Waals surface area contributed by atoms with E-state index in [9.17, 15) is 9.59 Å². The maximum Gasteiger partial charge on any atom is 0.230 e. The van der Waals surface area contributed by atoms with Crippen LogP contribution in [-0.2, 0) is 20.9 Å². The van der Waals surface area contributed by atoms with Gasteiger partial charge in [0.25, 0.3) is 0 Å². The number of rotatable bonds is 6. The zero-order valence-corrected chi connectivity index (χ0v) is 14.1. The molecule has 2 amide bonds. The molecule has 3 rings (SSSR count).